The lowest BCUT2D eigenvalue weighted by Gasteiger charge is -2.14. The lowest BCUT2D eigenvalue weighted by Crippen LogP contribution is -2.25. The molecule has 2 rings (SSSR count). The first-order valence-electron chi connectivity index (χ1n) is 8.07. The van der Waals surface area contributed by atoms with Crippen LogP contribution in [-0.2, 0) is 20.5 Å². The van der Waals surface area contributed by atoms with Crippen molar-refractivity contribution in [3.8, 4) is 5.75 Å². The average molecular weight is 412 g/mol. The van der Waals surface area contributed by atoms with E-state index in [4.69, 9.17) is 4.74 Å². The summed E-state index contributed by atoms with van der Waals surface area (Å²) in [6.07, 6.45) is -4.94. The first-order chi connectivity index (χ1) is 13.6. The van der Waals surface area contributed by atoms with Crippen molar-refractivity contribution in [3.05, 3.63) is 63.7 Å². The molecular weight excluding hydrogens is 397 g/mol. The van der Waals surface area contributed by atoms with Crippen LogP contribution in [0.2, 0.25) is 0 Å². The molecule has 0 aromatic heterocycles. The van der Waals surface area contributed by atoms with Crippen molar-refractivity contribution >= 4 is 23.3 Å². The first-order valence-corrected chi connectivity index (χ1v) is 8.07. The molecule has 0 aliphatic heterocycles. The third-order valence-corrected chi connectivity index (χ3v) is 3.60. The first kappa shape index (κ1) is 21.7. The number of alkyl halides is 3. The highest BCUT2D eigenvalue weighted by Gasteiger charge is 2.35. The molecule has 1 amide bonds. The van der Waals surface area contributed by atoms with E-state index < -0.39 is 53.1 Å². The van der Waals surface area contributed by atoms with Crippen LogP contribution in [0.4, 0.5) is 24.5 Å². The summed E-state index contributed by atoms with van der Waals surface area (Å²) in [5.41, 5.74) is -2.10. The van der Waals surface area contributed by atoms with Gasteiger partial charge >= 0.3 is 12.1 Å². The standard InChI is InChI=1S/C18H15F3N2O6/c1-11-4-2-3-5-15(11)28-10-17(25)29-9-16(24)22-14-7-6-12(23(26)27)8-13(14)18(19,20)21/h2-8H,9-10H2,1H3,(H,22,24). The fraction of sp³-hybridized carbons (Fsp3) is 0.222. The van der Waals surface area contributed by atoms with Gasteiger partial charge in [0.1, 0.15) is 5.75 Å². The second-order valence-electron chi connectivity index (χ2n) is 5.75. The number of hydrogen-bond acceptors (Lipinski definition) is 6. The number of ether oxygens (including phenoxy) is 2. The van der Waals surface area contributed by atoms with Gasteiger partial charge in [-0.05, 0) is 24.6 Å². The minimum Gasteiger partial charge on any atom is -0.482 e. The van der Waals surface area contributed by atoms with Gasteiger partial charge in [0.15, 0.2) is 13.2 Å². The van der Waals surface area contributed by atoms with Gasteiger partial charge in [-0.3, -0.25) is 14.9 Å². The highest BCUT2D eigenvalue weighted by Crippen LogP contribution is 2.37. The van der Waals surface area contributed by atoms with Gasteiger partial charge < -0.3 is 14.8 Å². The van der Waals surface area contributed by atoms with Crippen molar-refractivity contribution in [2.45, 2.75) is 13.1 Å². The molecule has 2 aromatic carbocycles. The molecule has 0 bridgehead atoms. The van der Waals surface area contributed by atoms with E-state index in [-0.39, 0.29) is 0 Å². The van der Waals surface area contributed by atoms with Crippen molar-refractivity contribution in [1.29, 1.82) is 0 Å². The minimum absolute atomic E-state index is 0.303. The van der Waals surface area contributed by atoms with E-state index in [2.05, 4.69) is 4.74 Å². The smallest absolute Gasteiger partial charge is 0.418 e. The number of anilines is 1. The molecule has 29 heavy (non-hydrogen) atoms. The quantitative estimate of drug-likeness (QED) is 0.424. The van der Waals surface area contributed by atoms with Crippen LogP contribution in [0.1, 0.15) is 11.1 Å². The Morgan fingerprint density at radius 1 is 1.14 bits per heavy atom. The largest absolute Gasteiger partial charge is 0.482 e. The lowest BCUT2D eigenvalue weighted by molar-refractivity contribution is -0.385. The number of hydrogen-bond donors (Lipinski definition) is 1. The van der Waals surface area contributed by atoms with Crippen molar-refractivity contribution in [2.75, 3.05) is 18.5 Å². The van der Waals surface area contributed by atoms with E-state index in [1.165, 1.54) is 0 Å². The maximum absolute atomic E-state index is 13.1. The fourth-order valence-corrected chi connectivity index (χ4v) is 2.22. The number of carbonyl (C=O) groups excluding carboxylic acids is 2. The minimum atomic E-state index is -4.94. The van der Waals surface area contributed by atoms with Gasteiger partial charge in [0.25, 0.3) is 11.6 Å². The predicted molar refractivity (Wildman–Crippen MR) is 94.4 cm³/mol. The SMILES string of the molecule is Cc1ccccc1OCC(=O)OCC(=O)Nc1ccc([N+](=O)[O-])cc1C(F)(F)F. The highest BCUT2D eigenvalue weighted by atomic mass is 19.4. The molecule has 0 fully saturated rings. The molecule has 0 aliphatic rings. The van der Waals surface area contributed by atoms with Gasteiger partial charge in [-0.25, -0.2) is 4.79 Å². The van der Waals surface area contributed by atoms with Crippen molar-refractivity contribution < 1.29 is 37.2 Å². The van der Waals surface area contributed by atoms with Gasteiger partial charge in [-0.1, -0.05) is 18.2 Å². The Morgan fingerprint density at radius 2 is 1.83 bits per heavy atom. The molecule has 1 N–H and O–H groups in total. The Kier molecular flexibility index (Phi) is 6.75. The number of amides is 1. The van der Waals surface area contributed by atoms with Crippen LogP contribution < -0.4 is 10.1 Å². The van der Waals surface area contributed by atoms with Crippen LogP contribution in [-0.4, -0.2) is 30.0 Å². The van der Waals surface area contributed by atoms with E-state index in [0.717, 1.165) is 17.7 Å². The van der Waals surface area contributed by atoms with E-state index in [9.17, 15) is 32.9 Å². The van der Waals surface area contributed by atoms with Crippen LogP contribution in [0.25, 0.3) is 0 Å². The molecule has 0 radical (unpaired) electrons. The van der Waals surface area contributed by atoms with Crippen LogP contribution in [0, 0.1) is 17.0 Å². The van der Waals surface area contributed by atoms with E-state index in [1.54, 1.807) is 31.2 Å². The number of aryl methyl sites for hydroxylation is 1. The number of halogens is 3. The number of nitrogens with zero attached hydrogens (tertiary/aromatic N) is 1. The maximum atomic E-state index is 13.1. The Bertz CT molecular complexity index is 930. The van der Waals surface area contributed by atoms with Gasteiger partial charge in [-0.15, -0.1) is 0 Å². The molecule has 0 unspecified atom stereocenters. The molecular formula is C18H15F3N2O6. The molecule has 0 saturated carbocycles. The average Bonchev–Trinajstić information content (AvgIpc) is 2.65. The molecule has 8 nitrogen and oxygen atoms in total. The third-order valence-electron chi connectivity index (χ3n) is 3.60. The van der Waals surface area contributed by atoms with E-state index in [1.807, 2.05) is 5.32 Å². The number of rotatable bonds is 7. The Hall–Kier alpha value is -3.63. The summed E-state index contributed by atoms with van der Waals surface area (Å²) in [6.45, 7) is 0.407. The second kappa shape index (κ2) is 9.04. The number of nitro benzene ring substituents is 1. The summed E-state index contributed by atoms with van der Waals surface area (Å²) >= 11 is 0. The number of esters is 1. The van der Waals surface area contributed by atoms with Gasteiger partial charge in [0.05, 0.1) is 16.2 Å². The van der Waals surface area contributed by atoms with Crippen LogP contribution in [0.15, 0.2) is 42.5 Å². The van der Waals surface area contributed by atoms with Crippen molar-refractivity contribution in [1.82, 2.24) is 0 Å². The molecule has 0 saturated heterocycles. The normalized spacial score (nSPS) is 10.9. The third kappa shape index (κ3) is 6.19. The predicted octanol–water partition coefficient (Wildman–Crippen LogP) is 3.48. The second-order valence-corrected chi connectivity index (χ2v) is 5.75. The number of carbonyl (C=O) groups is 2. The molecule has 0 atom stereocenters. The van der Waals surface area contributed by atoms with Crippen LogP contribution in [0.5, 0.6) is 5.75 Å². The summed E-state index contributed by atoms with van der Waals surface area (Å²) in [6, 6.07) is 8.73. The Labute approximate surface area is 162 Å². The van der Waals surface area contributed by atoms with Crippen molar-refractivity contribution in [2.24, 2.45) is 0 Å². The molecule has 154 valence electrons. The molecule has 0 heterocycles. The zero-order chi connectivity index (χ0) is 21.6. The highest BCUT2D eigenvalue weighted by molar-refractivity contribution is 5.93. The number of nitro groups is 1. The van der Waals surface area contributed by atoms with E-state index in [0.29, 0.717) is 11.8 Å². The molecule has 0 spiro atoms. The summed E-state index contributed by atoms with van der Waals surface area (Å²) in [5, 5.41) is 12.6. The fourth-order valence-electron chi connectivity index (χ4n) is 2.22. The topological polar surface area (TPSA) is 108 Å². The molecule has 0 aliphatic carbocycles. The van der Waals surface area contributed by atoms with Gasteiger partial charge in [0, 0.05) is 12.1 Å². The van der Waals surface area contributed by atoms with E-state index >= 15 is 0 Å². The molecule has 2 aromatic rings. The van der Waals surface area contributed by atoms with Crippen LogP contribution >= 0.6 is 0 Å². The summed E-state index contributed by atoms with van der Waals surface area (Å²) in [5.74, 6) is -1.51. The number of benzene rings is 2. The number of non-ortho nitro benzene ring substituents is 1. The Morgan fingerprint density at radius 3 is 2.45 bits per heavy atom. The monoisotopic (exact) mass is 412 g/mol. The summed E-state index contributed by atoms with van der Waals surface area (Å²) < 4.78 is 49.1. The number of para-hydroxylation sites is 1. The summed E-state index contributed by atoms with van der Waals surface area (Å²) in [7, 11) is 0. The van der Waals surface area contributed by atoms with Gasteiger partial charge in [-0.2, -0.15) is 13.2 Å². The zero-order valence-corrected chi connectivity index (χ0v) is 15.0. The van der Waals surface area contributed by atoms with Crippen molar-refractivity contribution in [3.63, 3.8) is 0 Å². The number of nitrogens with one attached hydrogen (secondary N) is 1. The Balaban J connectivity index is 1.94. The zero-order valence-electron chi connectivity index (χ0n) is 15.0. The lowest BCUT2D eigenvalue weighted by atomic mass is 10.1. The van der Waals surface area contributed by atoms with Gasteiger partial charge in [0.2, 0.25) is 0 Å². The maximum Gasteiger partial charge on any atom is 0.418 e. The summed E-state index contributed by atoms with van der Waals surface area (Å²) in [4.78, 5) is 33.1. The van der Waals surface area contributed by atoms with Crippen LogP contribution in [0.3, 0.4) is 0 Å². The molecule has 11 heteroatoms.